The highest BCUT2D eigenvalue weighted by molar-refractivity contribution is 14.1. The zero-order chi connectivity index (χ0) is 10.8. The van der Waals surface area contributed by atoms with Crippen molar-refractivity contribution in [3.63, 3.8) is 0 Å². The second-order valence-electron chi connectivity index (χ2n) is 6.26. The second-order valence-corrected chi connectivity index (χ2v) is 8.55. The third kappa shape index (κ3) is 3.37. The molecule has 2 unspecified atom stereocenters. The van der Waals surface area contributed by atoms with E-state index in [9.17, 15) is 0 Å². The summed E-state index contributed by atoms with van der Waals surface area (Å²) in [5, 5.41) is 0.691. The van der Waals surface area contributed by atoms with Crippen molar-refractivity contribution in [2.45, 2.75) is 79.8 Å². The Morgan fingerprint density at radius 1 is 0.800 bits per heavy atom. The first-order valence-corrected chi connectivity index (χ1v) is 7.89. The minimum atomic E-state index is 0.669. The van der Waals surface area contributed by atoms with E-state index in [0.717, 1.165) is 0 Å². The minimum Gasteiger partial charge on any atom is -0.0883 e. The summed E-state index contributed by atoms with van der Waals surface area (Å²) in [5.74, 6) is 0. The van der Waals surface area contributed by atoms with E-state index in [1.54, 1.807) is 0 Å². The van der Waals surface area contributed by atoms with Crippen LogP contribution in [0.1, 0.15) is 71.1 Å². The Kier molecular flexibility index (Phi) is 4.06. The first kappa shape index (κ1) is 12.3. The van der Waals surface area contributed by atoms with Gasteiger partial charge in [0.1, 0.15) is 7.28 Å². The van der Waals surface area contributed by atoms with Gasteiger partial charge in [-0.2, -0.15) is 0 Å². The lowest BCUT2D eigenvalue weighted by Gasteiger charge is -2.43. The fraction of sp³-hybridized carbons (Fsp3) is 1.00. The van der Waals surface area contributed by atoms with Crippen molar-refractivity contribution in [3.05, 3.63) is 0 Å². The molecule has 2 saturated heterocycles. The highest BCUT2D eigenvalue weighted by Gasteiger charge is 2.41. The lowest BCUT2D eigenvalue weighted by molar-refractivity contribution is 0.393. The van der Waals surface area contributed by atoms with Crippen molar-refractivity contribution in [1.82, 2.24) is 0 Å². The Labute approximate surface area is 109 Å². The predicted molar refractivity (Wildman–Crippen MR) is 78.4 cm³/mol. The quantitative estimate of drug-likeness (QED) is 0.346. The van der Waals surface area contributed by atoms with E-state index < -0.39 is 0 Å². The molecule has 0 aromatic rings. The summed E-state index contributed by atoms with van der Waals surface area (Å²) < 4.78 is 0.669. The third-order valence-corrected chi connectivity index (χ3v) is 6.01. The van der Waals surface area contributed by atoms with Crippen molar-refractivity contribution in [2.24, 2.45) is 0 Å². The summed E-state index contributed by atoms with van der Waals surface area (Å²) in [4.78, 5) is 0. The van der Waals surface area contributed by atoms with Gasteiger partial charge in [0.25, 0.3) is 0 Å². The number of halogens is 1. The van der Waals surface area contributed by atoms with E-state index in [4.69, 9.17) is 0 Å². The van der Waals surface area contributed by atoms with Crippen LogP contribution < -0.4 is 0 Å². The fourth-order valence-electron chi connectivity index (χ4n) is 3.72. The largest absolute Gasteiger partial charge is 0.147 e. The van der Waals surface area contributed by atoms with Crippen LogP contribution in [0.3, 0.4) is 0 Å². The molecule has 0 amide bonds. The normalized spacial score (nSPS) is 43.1. The van der Waals surface area contributed by atoms with Crippen molar-refractivity contribution in [3.8, 4) is 0 Å². The zero-order valence-electron chi connectivity index (χ0n) is 10.2. The SMILES string of the molecule is CC12BC(I)(CCCCCCC1)CCC2. The molecular weight excluding hydrogens is 294 g/mol. The number of hydrogen-bond donors (Lipinski definition) is 0. The van der Waals surface area contributed by atoms with Crippen LogP contribution in [0.15, 0.2) is 0 Å². The van der Waals surface area contributed by atoms with Crippen molar-refractivity contribution in [2.75, 3.05) is 0 Å². The Morgan fingerprint density at radius 3 is 2.13 bits per heavy atom. The van der Waals surface area contributed by atoms with Crippen molar-refractivity contribution < 1.29 is 0 Å². The van der Waals surface area contributed by atoms with E-state index in [-0.39, 0.29) is 0 Å². The number of rotatable bonds is 0. The predicted octanol–water partition coefficient (Wildman–Crippen LogP) is 4.66. The molecule has 0 saturated carbocycles. The van der Waals surface area contributed by atoms with Crippen LogP contribution in [0.25, 0.3) is 0 Å². The molecule has 2 aliphatic heterocycles. The maximum atomic E-state index is 2.80. The minimum absolute atomic E-state index is 0.669. The lowest BCUT2D eigenvalue weighted by Crippen LogP contribution is -2.41. The molecule has 2 bridgehead atoms. The van der Waals surface area contributed by atoms with E-state index in [1.165, 1.54) is 71.5 Å². The van der Waals surface area contributed by atoms with Gasteiger partial charge in [0, 0.05) is 0 Å². The van der Waals surface area contributed by atoms with Gasteiger partial charge in [-0.3, -0.25) is 0 Å². The Balaban J connectivity index is 2.04. The average Bonchev–Trinajstić information content (AvgIpc) is 2.15. The summed E-state index contributed by atoms with van der Waals surface area (Å²) in [6.45, 7) is 2.56. The zero-order valence-corrected chi connectivity index (χ0v) is 12.3. The van der Waals surface area contributed by atoms with Gasteiger partial charge >= 0.3 is 0 Å². The maximum Gasteiger partial charge on any atom is 0.147 e. The van der Waals surface area contributed by atoms with Gasteiger partial charge in [0.05, 0.1) is 0 Å². The molecule has 0 aromatic heterocycles. The van der Waals surface area contributed by atoms with E-state index in [0.29, 0.717) is 8.64 Å². The van der Waals surface area contributed by atoms with Gasteiger partial charge in [-0.25, -0.2) is 0 Å². The standard InChI is InChI=1S/C13H24BI/c1-12-8-5-3-2-4-6-10-13(15,14-12)11-7-9-12/h14H,2-11H2,1H3. The van der Waals surface area contributed by atoms with E-state index >= 15 is 0 Å². The van der Waals surface area contributed by atoms with E-state index in [2.05, 4.69) is 29.5 Å². The number of alkyl halides is 1. The van der Waals surface area contributed by atoms with Crippen LogP contribution >= 0.6 is 22.6 Å². The second kappa shape index (κ2) is 4.97. The molecule has 2 heterocycles. The van der Waals surface area contributed by atoms with Crippen LogP contribution in [0.5, 0.6) is 0 Å². The van der Waals surface area contributed by atoms with Gasteiger partial charge < -0.3 is 0 Å². The summed E-state index contributed by atoms with van der Waals surface area (Å²) >= 11 is 2.80. The van der Waals surface area contributed by atoms with Crippen LogP contribution in [0.2, 0.25) is 5.31 Å². The van der Waals surface area contributed by atoms with Crippen LogP contribution in [-0.2, 0) is 0 Å². The molecule has 2 aliphatic rings. The molecule has 86 valence electrons. The van der Waals surface area contributed by atoms with Crippen LogP contribution in [-0.4, -0.2) is 10.6 Å². The Morgan fingerprint density at radius 2 is 1.33 bits per heavy atom. The molecule has 0 aromatic carbocycles. The molecule has 2 fully saturated rings. The number of hydrogen-bond acceptors (Lipinski definition) is 0. The average molecular weight is 318 g/mol. The summed E-state index contributed by atoms with van der Waals surface area (Å²) in [6, 6.07) is 0. The smallest absolute Gasteiger partial charge is 0.0883 e. The molecule has 2 atom stereocenters. The number of fused-ring (bicyclic) bond motifs is 2. The first-order chi connectivity index (χ1) is 7.12. The highest BCUT2D eigenvalue weighted by Crippen LogP contribution is 2.50. The first-order valence-electron chi connectivity index (χ1n) is 6.81. The maximum absolute atomic E-state index is 2.80. The molecular formula is C13H24BI. The topological polar surface area (TPSA) is 0 Å². The van der Waals surface area contributed by atoms with E-state index in [1.807, 2.05) is 0 Å². The van der Waals surface area contributed by atoms with Crippen molar-refractivity contribution >= 4 is 29.9 Å². The molecule has 0 N–H and O–H groups in total. The van der Waals surface area contributed by atoms with Gasteiger partial charge in [0.2, 0.25) is 0 Å². The monoisotopic (exact) mass is 318 g/mol. The van der Waals surface area contributed by atoms with Crippen molar-refractivity contribution in [1.29, 1.82) is 0 Å². The fourth-order valence-corrected chi connectivity index (χ4v) is 5.41. The van der Waals surface area contributed by atoms with Gasteiger partial charge in [-0.15, -0.1) is 0 Å². The summed E-state index contributed by atoms with van der Waals surface area (Å²) in [5.41, 5.74) is 0. The molecule has 0 radical (unpaired) electrons. The van der Waals surface area contributed by atoms with Crippen LogP contribution in [0, 0.1) is 0 Å². The molecule has 0 spiro atoms. The highest BCUT2D eigenvalue weighted by atomic mass is 127. The Hall–Kier alpha value is 0.795. The van der Waals surface area contributed by atoms with Gasteiger partial charge in [-0.1, -0.05) is 86.2 Å². The van der Waals surface area contributed by atoms with Gasteiger partial charge in [-0.05, 0) is 16.2 Å². The Bertz CT molecular complexity index is 199. The van der Waals surface area contributed by atoms with Crippen LogP contribution in [0.4, 0.5) is 0 Å². The molecule has 2 heteroatoms. The lowest BCUT2D eigenvalue weighted by atomic mass is 9.39. The molecule has 2 rings (SSSR count). The van der Waals surface area contributed by atoms with Gasteiger partial charge in [0.15, 0.2) is 0 Å². The summed E-state index contributed by atoms with van der Waals surface area (Å²) in [7, 11) is 1.50. The molecule has 0 nitrogen and oxygen atoms in total. The molecule has 0 aliphatic carbocycles. The summed E-state index contributed by atoms with van der Waals surface area (Å²) in [6.07, 6.45) is 14.9. The molecule has 15 heavy (non-hydrogen) atoms. The third-order valence-electron chi connectivity index (χ3n) is 4.55.